The molecule has 0 aliphatic heterocycles. The van der Waals surface area contributed by atoms with Gasteiger partial charge >= 0.3 is 0 Å². The van der Waals surface area contributed by atoms with Gasteiger partial charge in [0.05, 0.1) is 11.4 Å². The average Bonchev–Trinajstić information content (AvgIpc) is 3.24. The highest BCUT2D eigenvalue weighted by Crippen LogP contribution is 2.46. The lowest BCUT2D eigenvalue weighted by Gasteiger charge is -2.27. The van der Waals surface area contributed by atoms with Crippen LogP contribution in [0.2, 0.25) is 0 Å². The van der Waals surface area contributed by atoms with Crippen molar-refractivity contribution in [2.75, 3.05) is 4.90 Å². The maximum Gasteiger partial charge on any atom is 0.0701 e. The van der Waals surface area contributed by atoms with Crippen LogP contribution in [-0.2, 0) is 0 Å². The van der Waals surface area contributed by atoms with Crippen LogP contribution in [0.15, 0.2) is 206 Å². The topological polar surface area (TPSA) is 16.1 Å². The van der Waals surface area contributed by atoms with Gasteiger partial charge < -0.3 is 4.90 Å². The molecule has 53 heavy (non-hydrogen) atoms. The minimum absolute atomic E-state index is 0.964. The first-order valence-electron chi connectivity index (χ1n) is 18.1. The number of nitrogens with zero attached hydrogens (tertiary/aromatic N) is 2. The number of rotatable bonds is 6. The lowest BCUT2D eigenvalue weighted by Crippen LogP contribution is -2.10. The third-order valence-electron chi connectivity index (χ3n) is 10.5. The first kappa shape index (κ1) is 30.8. The van der Waals surface area contributed by atoms with Crippen molar-refractivity contribution in [2.45, 2.75) is 0 Å². The normalized spacial score (nSPS) is 11.4. The molecule has 0 aliphatic rings. The van der Waals surface area contributed by atoms with Crippen molar-refractivity contribution >= 4 is 60.2 Å². The van der Waals surface area contributed by atoms with Crippen LogP contribution in [0.25, 0.3) is 76.6 Å². The van der Waals surface area contributed by atoms with Crippen LogP contribution in [0.4, 0.5) is 17.1 Å². The van der Waals surface area contributed by atoms with E-state index in [1.54, 1.807) is 0 Å². The van der Waals surface area contributed by atoms with E-state index in [2.05, 4.69) is 198 Å². The summed E-state index contributed by atoms with van der Waals surface area (Å²) in [5, 5.41) is 9.94. The second kappa shape index (κ2) is 12.9. The fourth-order valence-electron chi connectivity index (χ4n) is 8.10. The highest BCUT2D eigenvalue weighted by Gasteiger charge is 2.20. The zero-order valence-electron chi connectivity index (χ0n) is 29.0. The molecule has 0 fully saturated rings. The molecule has 1 aromatic heterocycles. The van der Waals surface area contributed by atoms with Crippen LogP contribution in [0.1, 0.15) is 0 Å². The number of aromatic nitrogens is 1. The molecule has 0 radical (unpaired) electrons. The van der Waals surface area contributed by atoms with Gasteiger partial charge in [-0.1, -0.05) is 158 Å². The predicted molar refractivity (Wildman–Crippen MR) is 225 cm³/mol. The third-order valence-corrected chi connectivity index (χ3v) is 10.5. The van der Waals surface area contributed by atoms with Gasteiger partial charge in [0.2, 0.25) is 0 Å². The van der Waals surface area contributed by atoms with E-state index in [0.717, 1.165) is 28.3 Å². The Labute approximate surface area is 308 Å². The number of fused-ring (bicyclic) bond motifs is 4. The van der Waals surface area contributed by atoms with Gasteiger partial charge in [-0.2, -0.15) is 0 Å². The molecule has 0 aliphatic carbocycles. The van der Waals surface area contributed by atoms with Gasteiger partial charge in [0.15, 0.2) is 0 Å². The van der Waals surface area contributed by atoms with Crippen LogP contribution in [-0.4, -0.2) is 4.98 Å². The van der Waals surface area contributed by atoms with Crippen LogP contribution in [0, 0.1) is 0 Å². The Morgan fingerprint density at radius 1 is 0.321 bits per heavy atom. The van der Waals surface area contributed by atoms with Crippen LogP contribution < -0.4 is 4.90 Å². The quantitative estimate of drug-likeness (QED) is 0.163. The average molecular weight is 675 g/mol. The molecular weight excluding hydrogens is 641 g/mol. The van der Waals surface area contributed by atoms with Gasteiger partial charge in [-0.3, -0.25) is 4.98 Å². The lowest BCUT2D eigenvalue weighted by molar-refractivity contribution is 1.29. The van der Waals surface area contributed by atoms with Gasteiger partial charge in [0, 0.05) is 28.5 Å². The van der Waals surface area contributed by atoms with E-state index in [1.807, 2.05) is 18.3 Å². The minimum atomic E-state index is 0.964. The molecule has 0 N–H and O–H groups in total. The molecule has 248 valence electrons. The molecular formula is C51H34N2. The van der Waals surface area contributed by atoms with E-state index in [0.29, 0.717) is 0 Å². The summed E-state index contributed by atoms with van der Waals surface area (Å²) in [7, 11) is 0. The maximum atomic E-state index is 4.58. The van der Waals surface area contributed by atoms with E-state index in [4.69, 9.17) is 0 Å². The number of benzene rings is 9. The number of hydrogen-bond donors (Lipinski definition) is 0. The largest absolute Gasteiger partial charge is 0.310 e. The molecule has 0 saturated heterocycles. The number of pyridine rings is 1. The Kier molecular flexibility index (Phi) is 7.51. The summed E-state index contributed by atoms with van der Waals surface area (Å²) >= 11 is 0. The molecule has 0 bridgehead atoms. The monoisotopic (exact) mass is 674 g/mol. The summed E-state index contributed by atoms with van der Waals surface area (Å²) in [6.45, 7) is 0. The van der Waals surface area contributed by atoms with E-state index in [1.165, 1.54) is 65.3 Å². The van der Waals surface area contributed by atoms with Crippen molar-refractivity contribution in [3.8, 4) is 33.5 Å². The first-order valence-corrected chi connectivity index (χ1v) is 18.1. The molecule has 0 atom stereocenters. The van der Waals surface area contributed by atoms with Crippen molar-refractivity contribution in [1.29, 1.82) is 0 Å². The number of hydrogen-bond acceptors (Lipinski definition) is 2. The Hall–Kier alpha value is -7.03. The molecule has 9 aromatic carbocycles. The van der Waals surface area contributed by atoms with E-state index in [-0.39, 0.29) is 0 Å². The minimum Gasteiger partial charge on any atom is -0.310 e. The van der Waals surface area contributed by atoms with Crippen LogP contribution in [0.3, 0.4) is 0 Å². The highest BCUT2D eigenvalue weighted by atomic mass is 15.1. The molecule has 2 heteroatoms. The van der Waals surface area contributed by atoms with Crippen molar-refractivity contribution < 1.29 is 0 Å². The second-order valence-electron chi connectivity index (χ2n) is 13.5. The lowest BCUT2D eigenvalue weighted by atomic mass is 9.85. The number of anilines is 3. The zero-order valence-corrected chi connectivity index (χ0v) is 29.0. The third kappa shape index (κ3) is 5.32. The van der Waals surface area contributed by atoms with Crippen molar-refractivity contribution in [2.24, 2.45) is 0 Å². The van der Waals surface area contributed by atoms with E-state index in [9.17, 15) is 0 Å². The van der Waals surface area contributed by atoms with Crippen molar-refractivity contribution in [3.05, 3.63) is 206 Å². The standard InChI is InChI=1S/C51H34N2/c1-3-17-41-35(13-1)15-11-23-43(41)51-46-21-7-5-19-44(46)50(45-20-6-8-22-47(45)51)38-28-32-40(33-29-38)53(49-25-12-16-36-14-2-4-18-42(36)49)39-30-26-37(27-31-39)48-24-9-10-34-52-48/h1-34H. The smallest absolute Gasteiger partial charge is 0.0701 e. The molecule has 10 aromatic rings. The summed E-state index contributed by atoms with van der Waals surface area (Å²) in [5.41, 5.74) is 10.4. The maximum absolute atomic E-state index is 4.58. The summed E-state index contributed by atoms with van der Waals surface area (Å²) in [5.74, 6) is 0. The van der Waals surface area contributed by atoms with Crippen LogP contribution >= 0.6 is 0 Å². The zero-order chi connectivity index (χ0) is 35.1. The molecule has 0 saturated carbocycles. The molecule has 1 heterocycles. The second-order valence-corrected chi connectivity index (χ2v) is 13.5. The fourth-order valence-corrected chi connectivity index (χ4v) is 8.10. The predicted octanol–water partition coefficient (Wildman–Crippen LogP) is 14.2. The molecule has 10 rings (SSSR count). The van der Waals surface area contributed by atoms with Gasteiger partial charge in [-0.25, -0.2) is 0 Å². The summed E-state index contributed by atoms with van der Waals surface area (Å²) in [6.07, 6.45) is 1.84. The highest BCUT2D eigenvalue weighted by molar-refractivity contribution is 6.23. The summed E-state index contributed by atoms with van der Waals surface area (Å²) in [4.78, 5) is 6.95. The Bertz CT molecular complexity index is 2860. The van der Waals surface area contributed by atoms with Crippen molar-refractivity contribution in [1.82, 2.24) is 4.98 Å². The first-order chi connectivity index (χ1) is 26.3. The fraction of sp³-hybridized carbons (Fsp3) is 0. The summed E-state index contributed by atoms with van der Waals surface area (Å²) < 4.78 is 0. The molecule has 0 unspecified atom stereocenters. The Morgan fingerprint density at radius 2 is 0.792 bits per heavy atom. The van der Waals surface area contributed by atoms with Gasteiger partial charge in [-0.05, 0) is 102 Å². The molecule has 2 nitrogen and oxygen atoms in total. The molecule has 0 amide bonds. The van der Waals surface area contributed by atoms with Crippen molar-refractivity contribution in [3.63, 3.8) is 0 Å². The van der Waals surface area contributed by atoms with E-state index < -0.39 is 0 Å². The molecule has 0 spiro atoms. The SMILES string of the molecule is c1ccc(-c2ccc(N(c3ccc(-c4c5ccccc5c(-c5cccc6ccccc56)c5ccccc45)cc3)c3cccc4ccccc34)cc2)nc1. The Balaban J connectivity index is 1.15. The van der Waals surface area contributed by atoms with Crippen LogP contribution in [0.5, 0.6) is 0 Å². The van der Waals surface area contributed by atoms with Gasteiger partial charge in [-0.15, -0.1) is 0 Å². The van der Waals surface area contributed by atoms with Gasteiger partial charge in [0.1, 0.15) is 0 Å². The van der Waals surface area contributed by atoms with E-state index >= 15 is 0 Å². The van der Waals surface area contributed by atoms with Gasteiger partial charge in [0.25, 0.3) is 0 Å². The Morgan fingerprint density at radius 3 is 1.40 bits per heavy atom. The summed E-state index contributed by atoms with van der Waals surface area (Å²) in [6, 6.07) is 72.2.